The number of benzene rings is 1. The Morgan fingerprint density at radius 2 is 1.94 bits per heavy atom. The minimum absolute atomic E-state index is 0.0836. The van der Waals surface area contributed by atoms with E-state index in [0.29, 0.717) is 6.71 Å². The molecule has 0 saturated carbocycles. The standard InChI is InChI=1S/C14H16BNO/c1-9-16-13-12(17-9)14(2,3)10-7-5-6-8-11(10)15(13)4/h5-8H,1-4H3. The fourth-order valence-electron chi connectivity index (χ4n) is 2.90. The molecule has 0 bridgehead atoms. The van der Waals surface area contributed by atoms with Crippen molar-refractivity contribution in [2.75, 3.05) is 0 Å². The second-order valence-corrected chi connectivity index (χ2v) is 5.38. The van der Waals surface area contributed by atoms with Crippen molar-refractivity contribution in [2.45, 2.75) is 33.0 Å². The van der Waals surface area contributed by atoms with E-state index in [1.165, 1.54) is 11.0 Å². The van der Waals surface area contributed by atoms with E-state index in [9.17, 15) is 0 Å². The first-order valence-corrected chi connectivity index (χ1v) is 6.09. The highest BCUT2D eigenvalue weighted by Gasteiger charge is 2.41. The summed E-state index contributed by atoms with van der Waals surface area (Å²) in [6, 6.07) is 8.60. The number of aromatic nitrogens is 1. The quantitative estimate of drug-likeness (QED) is 0.639. The SMILES string of the molecule is CB1c2ccccc2C(C)(C)c2oc(C)nc21. The molecule has 2 nitrogen and oxygen atoms in total. The molecule has 3 heteroatoms. The number of aryl methyl sites for hydroxylation is 1. The summed E-state index contributed by atoms with van der Waals surface area (Å²) >= 11 is 0. The largest absolute Gasteiger partial charge is 0.446 e. The van der Waals surface area contributed by atoms with Crippen molar-refractivity contribution in [1.82, 2.24) is 4.98 Å². The molecule has 1 aliphatic rings. The van der Waals surface area contributed by atoms with Gasteiger partial charge in [-0.3, -0.25) is 0 Å². The van der Waals surface area contributed by atoms with Crippen LogP contribution >= 0.6 is 0 Å². The van der Waals surface area contributed by atoms with E-state index in [-0.39, 0.29) is 5.41 Å². The Morgan fingerprint density at radius 3 is 2.71 bits per heavy atom. The average molecular weight is 225 g/mol. The van der Waals surface area contributed by atoms with E-state index in [4.69, 9.17) is 4.42 Å². The van der Waals surface area contributed by atoms with Crippen LogP contribution in [0.5, 0.6) is 0 Å². The highest BCUT2D eigenvalue weighted by Crippen LogP contribution is 2.33. The minimum atomic E-state index is -0.0836. The summed E-state index contributed by atoms with van der Waals surface area (Å²) in [6.45, 7) is 8.87. The number of hydrogen-bond acceptors (Lipinski definition) is 2. The van der Waals surface area contributed by atoms with Crippen molar-refractivity contribution < 1.29 is 4.42 Å². The van der Waals surface area contributed by atoms with Gasteiger partial charge in [0.1, 0.15) is 5.76 Å². The van der Waals surface area contributed by atoms with Crippen LogP contribution in [-0.2, 0) is 5.41 Å². The van der Waals surface area contributed by atoms with Crippen LogP contribution in [0.25, 0.3) is 0 Å². The van der Waals surface area contributed by atoms with Gasteiger partial charge in [-0.05, 0) is 19.4 Å². The van der Waals surface area contributed by atoms with Crippen molar-refractivity contribution in [3.05, 3.63) is 41.5 Å². The van der Waals surface area contributed by atoms with E-state index >= 15 is 0 Å². The molecule has 2 heterocycles. The number of fused-ring (bicyclic) bond motifs is 2. The van der Waals surface area contributed by atoms with Gasteiger partial charge in [0.2, 0.25) is 6.71 Å². The smallest absolute Gasteiger partial charge is 0.235 e. The normalized spacial score (nSPS) is 16.6. The Bertz CT molecular complexity index is 586. The summed E-state index contributed by atoms with van der Waals surface area (Å²) in [4.78, 5) is 4.56. The van der Waals surface area contributed by atoms with E-state index in [1.807, 2.05) is 6.92 Å². The van der Waals surface area contributed by atoms with Crippen molar-refractivity contribution in [3.63, 3.8) is 0 Å². The molecule has 2 aromatic rings. The topological polar surface area (TPSA) is 26.0 Å². The summed E-state index contributed by atoms with van der Waals surface area (Å²) in [5, 5.41) is 0. The second-order valence-electron chi connectivity index (χ2n) is 5.38. The van der Waals surface area contributed by atoms with Gasteiger partial charge < -0.3 is 4.42 Å². The molecule has 0 amide bonds. The van der Waals surface area contributed by atoms with Crippen molar-refractivity contribution in [3.8, 4) is 0 Å². The average Bonchev–Trinajstić information content (AvgIpc) is 2.70. The number of oxazole rings is 1. The van der Waals surface area contributed by atoms with Crippen LogP contribution in [0.1, 0.15) is 31.1 Å². The molecule has 0 fully saturated rings. The zero-order valence-electron chi connectivity index (χ0n) is 10.7. The van der Waals surface area contributed by atoms with Crippen molar-refractivity contribution in [1.29, 1.82) is 0 Å². The Morgan fingerprint density at radius 1 is 1.24 bits per heavy atom. The zero-order chi connectivity index (χ0) is 12.2. The maximum Gasteiger partial charge on any atom is 0.235 e. The van der Waals surface area contributed by atoms with E-state index in [1.54, 1.807) is 0 Å². The van der Waals surface area contributed by atoms with Crippen LogP contribution in [-0.4, -0.2) is 11.7 Å². The van der Waals surface area contributed by atoms with Gasteiger partial charge in [-0.25, -0.2) is 4.98 Å². The Kier molecular flexibility index (Phi) is 2.03. The molecule has 1 aliphatic heterocycles. The minimum Gasteiger partial charge on any atom is -0.446 e. The molecule has 86 valence electrons. The molecule has 1 aromatic carbocycles. The maximum absolute atomic E-state index is 5.84. The molecule has 3 rings (SSSR count). The number of hydrogen-bond donors (Lipinski definition) is 0. The summed E-state index contributed by atoms with van der Waals surface area (Å²) < 4.78 is 5.84. The predicted molar refractivity (Wildman–Crippen MR) is 70.7 cm³/mol. The van der Waals surface area contributed by atoms with Gasteiger partial charge in [0.05, 0.1) is 5.59 Å². The van der Waals surface area contributed by atoms with Gasteiger partial charge in [0.25, 0.3) is 0 Å². The molecular formula is C14H16BNO. The molecule has 0 unspecified atom stereocenters. The van der Waals surface area contributed by atoms with Gasteiger partial charge >= 0.3 is 0 Å². The first kappa shape index (κ1) is 10.6. The van der Waals surface area contributed by atoms with Gasteiger partial charge in [0, 0.05) is 12.3 Å². The van der Waals surface area contributed by atoms with Crippen LogP contribution in [0.2, 0.25) is 6.82 Å². The molecule has 0 spiro atoms. The lowest BCUT2D eigenvalue weighted by atomic mass is 9.39. The molecule has 17 heavy (non-hydrogen) atoms. The summed E-state index contributed by atoms with van der Waals surface area (Å²) in [6.07, 6.45) is 0. The van der Waals surface area contributed by atoms with Crippen molar-refractivity contribution >= 4 is 17.8 Å². The van der Waals surface area contributed by atoms with Crippen LogP contribution in [0.3, 0.4) is 0 Å². The maximum atomic E-state index is 5.84. The second kappa shape index (κ2) is 3.25. The fraction of sp³-hybridized carbons (Fsp3) is 0.357. The Labute approximate surface area is 102 Å². The molecule has 0 atom stereocenters. The molecule has 0 N–H and O–H groups in total. The van der Waals surface area contributed by atoms with Gasteiger partial charge in [0.15, 0.2) is 5.89 Å². The van der Waals surface area contributed by atoms with Crippen LogP contribution < -0.4 is 11.1 Å². The van der Waals surface area contributed by atoms with Crippen LogP contribution in [0.15, 0.2) is 28.7 Å². The number of rotatable bonds is 0. The third-order valence-corrected chi connectivity index (χ3v) is 3.84. The Balaban J connectivity index is 2.33. The lowest BCUT2D eigenvalue weighted by Gasteiger charge is -2.32. The van der Waals surface area contributed by atoms with Crippen LogP contribution in [0, 0.1) is 6.92 Å². The first-order chi connectivity index (χ1) is 8.01. The van der Waals surface area contributed by atoms with Crippen LogP contribution in [0.4, 0.5) is 0 Å². The van der Waals surface area contributed by atoms with E-state index < -0.39 is 0 Å². The van der Waals surface area contributed by atoms with E-state index in [2.05, 4.69) is 49.9 Å². The third kappa shape index (κ3) is 1.31. The molecule has 0 saturated heterocycles. The number of nitrogens with zero attached hydrogens (tertiary/aromatic N) is 1. The third-order valence-electron chi connectivity index (χ3n) is 3.84. The molecule has 1 aromatic heterocycles. The predicted octanol–water partition coefficient (Wildman–Crippen LogP) is 1.86. The monoisotopic (exact) mass is 225 g/mol. The highest BCUT2D eigenvalue weighted by atomic mass is 16.4. The van der Waals surface area contributed by atoms with Gasteiger partial charge in [-0.15, -0.1) is 0 Å². The fourth-order valence-corrected chi connectivity index (χ4v) is 2.90. The van der Waals surface area contributed by atoms with Crippen molar-refractivity contribution in [2.24, 2.45) is 0 Å². The summed E-state index contributed by atoms with van der Waals surface area (Å²) in [7, 11) is 0. The van der Waals surface area contributed by atoms with Gasteiger partial charge in [-0.2, -0.15) is 0 Å². The summed E-state index contributed by atoms with van der Waals surface area (Å²) in [5.74, 6) is 1.80. The molecule has 0 radical (unpaired) electrons. The van der Waals surface area contributed by atoms with Gasteiger partial charge in [-0.1, -0.05) is 36.6 Å². The lowest BCUT2D eigenvalue weighted by Crippen LogP contribution is -2.52. The summed E-state index contributed by atoms with van der Waals surface area (Å²) in [5.41, 5.74) is 3.75. The first-order valence-electron chi connectivity index (χ1n) is 6.09. The zero-order valence-corrected chi connectivity index (χ0v) is 10.7. The van der Waals surface area contributed by atoms with E-state index in [0.717, 1.165) is 17.2 Å². The lowest BCUT2D eigenvalue weighted by molar-refractivity contribution is 0.411. The highest BCUT2D eigenvalue weighted by molar-refractivity contribution is 6.84. The molecule has 0 aliphatic carbocycles. The Hall–Kier alpha value is -1.51. The molecular weight excluding hydrogens is 209 g/mol.